The van der Waals surface area contributed by atoms with Crippen LogP contribution in [0, 0.1) is 5.92 Å². The largest absolute Gasteiger partial charge is 0.324 e. The van der Waals surface area contributed by atoms with Crippen LogP contribution in [0.4, 0.5) is 0 Å². The molecule has 0 aromatic heterocycles. The van der Waals surface area contributed by atoms with E-state index in [1.165, 1.54) is 45.2 Å². The molecule has 3 fully saturated rings. The summed E-state index contributed by atoms with van der Waals surface area (Å²) in [6.07, 6.45) is 6.93. The van der Waals surface area contributed by atoms with E-state index < -0.39 is 0 Å². The molecule has 12 heavy (non-hydrogen) atoms. The zero-order valence-electron chi connectivity index (χ0n) is 7.63. The number of likely N-dealkylation sites (tertiary alicyclic amines) is 1. The Labute approximate surface area is 74.1 Å². The van der Waals surface area contributed by atoms with E-state index in [9.17, 15) is 0 Å². The molecule has 3 aliphatic rings. The van der Waals surface area contributed by atoms with Gasteiger partial charge in [-0.05, 0) is 38.0 Å². The molecule has 2 N–H and O–H groups in total. The maximum absolute atomic E-state index is 6.12. The predicted octanol–water partition coefficient (Wildman–Crippen LogP) is 0.962. The molecule has 0 aromatic carbocycles. The van der Waals surface area contributed by atoms with Gasteiger partial charge in [0.1, 0.15) is 0 Å². The number of nitrogens with two attached hydrogens (primary N) is 1. The lowest BCUT2D eigenvalue weighted by molar-refractivity contribution is 0.196. The summed E-state index contributed by atoms with van der Waals surface area (Å²) in [6, 6.07) is 0.913. The number of hydrogen-bond acceptors (Lipinski definition) is 2. The number of nitrogens with zero attached hydrogens (tertiary/aromatic N) is 1. The molecule has 2 nitrogen and oxygen atoms in total. The molecule has 0 radical (unpaired) electrons. The Balaban J connectivity index is 1.64. The molecule has 2 atom stereocenters. The van der Waals surface area contributed by atoms with Crippen molar-refractivity contribution in [2.24, 2.45) is 11.7 Å². The van der Waals surface area contributed by atoms with Crippen molar-refractivity contribution >= 4 is 0 Å². The van der Waals surface area contributed by atoms with Crippen LogP contribution in [-0.4, -0.2) is 29.6 Å². The maximum atomic E-state index is 6.12. The van der Waals surface area contributed by atoms with E-state index in [-0.39, 0.29) is 5.54 Å². The van der Waals surface area contributed by atoms with Gasteiger partial charge in [0.2, 0.25) is 0 Å². The summed E-state index contributed by atoms with van der Waals surface area (Å²) in [6.45, 7) is 2.54. The molecular formula is C10H18N2. The molecule has 2 heteroatoms. The maximum Gasteiger partial charge on any atom is 0.0284 e. The van der Waals surface area contributed by atoms with Crippen LogP contribution in [0.5, 0.6) is 0 Å². The van der Waals surface area contributed by atoms with Gasteiger partial charge >= 0.3 is 0 Å². The van der Waals surface area contributed by atoms with E-state index in [0.717, 1.165) is 12.0 Å². The summed E-state index contributed by atoms with van der Waals surface area (Å²) >= 11 is 0. The van der Waals surface area contributed by atoms with Gasteiger partial charge in [0.15, 0.2) is 0 Å². The van der Waals surface area contributed by atoms with Crippen molar-refractivity contribution in [3.63, 3.8) is 0 Å². The van der Waals surface area contributed by atoms with E-state index in [0.29, 0.717) is 0 Å². The third-order valence-corrected chi connectivity index (χ3v) is 3.93. The van der Waals surface area contributed by atoms with Gasteiger partial charge in [-0.2, -0.15) is 0 Å². The highest BCUT2D eigenvalue weighted by Gasteiger charge is 2.45. The topological polar surface area (TPSA) is 29.3 Å². The van der Waals surface area contributed by atoms with Crippen molar-refractivity contribution in [1.29, 1.82) is 0 Å². The molecule has 2 bridgehead atoms. The van der Waals surface area contributed by atoms with Crippen LogP contribution in [-0.2, 0) is 0 Å². The molecule has 68 valence electrons. The molecule has 3 rings (SSSR count). The average molecular weight is 166 g/mol. The SMILES string of the molecule is NC1(CN2CC3CCC2C3)CC1. The second-order valence-electron chi connectivity index (χ2n) is 5.12. The summed E-state index contributed by atoms with van der Waals surface area (Å²) in [7, 11) is 0. The molecule has 0 aromatic rings. The number of hydrogen-bond donors (Lipinski definition) is 1. The van der Waals surface area contributed by atoms with Crippen molar-refractivity contribution in [3.8, 4) is 0 Å². The van der Waals surface area contributed by atoms with Gasteiger partial charge in [-0.15, -0.1) is 0 Å². The Bertz CT molecular complexity index is 198. The number of fused-ring (bicyclic) bond motifs is 2. The highest BCUT2D eigenvalue weighted by molar-refractivity contribution is 5.04. The lowest BCUT2D eigenvalue weighted by atomic mass is 10.1. The Morgan fingerprint density at radius 3 is 2.67 bits per heavy atom. The fraction of sp³-hybridized carbons (Fsp3) is 1.00. The summed E-state index contributed by atoms with van der Waals surface area (Å²) in [4.78, 5) is 2.65. The fourth-order valence-corrected chi connectivity index (χ4v) is 2.94. The Morgan fingerprint density at radius 2 is 2.17 bits per heavy atom. The molecule has 0 spiro atoms. The van der Waals surface area contributed by atoms with Gasteiger partial charge < -0.3 is 5.73 Å². The first-order valence-corrected chi connectivity index (χ1v) is 5.28. The zero-order chi connectivity index (χ0) is 8.18. The van der Waals surface area contributed by atoms with Crippen LogP contribution in [0.2, 0.25) is 0 Å². The molecule has 1 aliphatic heterocycles. The minimum Gasteiger partial charge on any atom is -0.324 e. The van der Waals surface area contributed by atoms with Crippen LogP contribution >= 0.6 is 0 Å². The van der Waals surface area contributed by atoms with Gasteiger partial charge in [0.05, 0.1) is 0 Å². The average Bonchev–Trinajstić information content (AvgIpc) is 2.48. The lowest BCUT2D eigenvalue weighted by Gasteiger charge is -2.29. The molecule has 2 saturated carbocycles. The fourth-order valence-electron chi connectivity index (χ4n) is 2.94. The van der Waals surface area contributed by atoms with E-state index >= 15 is 0 Å². The first-order chi connectivity index (χ1) is 5.75. The smallest absolute Gasteiger partial charge is 0.0284 e. The number of rotatable bonds is 2. The van der Waals surface area contributed by atoms with Crippen LogP contribution < -0.4 is 5.73 Å². The van der Waals surface area contributed by atoms with E-state index in [4.69, 9.17) is 5.73 Å². The molecule has 0 amide bonds. The van der Waals surface area contributed by atoms with Crippen molar-refractivity contribution < 1.29 is 0 Å². The van der Waals surface area contributed by atoms with Gasteiger partial charge in [0, 0.05) is 24.7 Å². The standard InChI is InChI=1S/C10H18N2/c11-10(3-4-10)7-12-6-8-1-2-9(12)5-8/h8-9H,1-7,11H2. The van der Waals surface area contributed by atoms with Crippen molar-refractivity contribution in [3.05, 3.63) is 0 Å². The molecule has 1 saturated heterocycles. The minimum absolute atomic E-state index is 0.241. The van der Waals surface area contributed by atoms with E-state index in [1.54, 1.807) is 0 Å². The van der Waals surface area contributed by atoms with Crippen LogP contribution in [0.3, 0.4) is 0 Å². The summed E-state index contributed by atoms with van der Waals surface area (Å²) in [5, 5.41) is 0. The Morgan fingerprint density at radius 1 is 1.33 bits per heavy atom. The zero-order valence-corrected chi connectivity index (χ0v) is 7.63. The highest BCUT2D eigenvalue weighted by atomic mass is 15.2. The number of piperidine rings is 1. The highest BCUT2D eigenvalue weighted by Crippen LogP contribution is 2.41. The van der Waals surface area contributed by atoms with Gasteiger partial charge in [0.25, 0.3) is 0 Å². The molecule has 1 heterocycles. The summed E-state index contributed by atoms with van der Waals surface area (Å²) < 4.78 is 0. The summed E-state index contributed by atoms with van der Waals surface area (Å²) in [5.74, 6) is 1.03. The Kier molecular flexibility index (Phi) is 1.37. The molecule has 2 aliphatic carbocycles. The van der Waals surface area contributed by atoms with E-state index in [2.05, 4.69) is 4.90 Å². The van der Waals surface area contributed by atoms with Gasteiger partial charge in [-0.3, -0.25) is 4.90 Å². The minimum atomic E-state index is 0.241. The van der Waals surface area contributed by atoms with Crippen LogP contribution in [0.15, 0.2) is 0 Å². The second kappa shape index (κ2) is 2.24. The third-order valence-electron chi connectivity index (χ3n) is 3.93. The quantitative estimate of drug-likeness (QED) is 0.662. The Hall–Kier alpha value is -0.0800. The third kappa shape index (κ3) is 1.09. The summed E-state index contributed by atoms with van der Waals surface area (Å²) in [5.41, 5.74) is 6.36. The normalized spacial score (nSPS) is 43.8. The van der Waals surface area contributed by atoms with Crippen LogP contribution in [0.1, 0.15) is 32.1 Å². The van der Waals surface area contributed by atoms with Gasteiger partial charge in [-0.1, -0.05) is 0 Å². The van der Waals surface area contributed by atoms with E-state index in [1.807, 2.05) is 0 Å². The van der Waals surface area contributed by atoms with Crippen molar-refractivity contribution in [2.45, 2.75) is 43.7 Å². The van der Waals surface area contributed by atoms with Crippen molar-refractivity contribution in [1.82, 2.24) is 4.90 Å². The predicted molar refractivity (Wildman–Crippen MR) is 48.9 cm³/mol. The monoisotopic (exact) mass is 166 g/mol. The lowest BCUT2D eigenvalue weighted by Crippen LogP contribution is -2.43. The van der Waals surface area contributed by atoms with Gasteiger partial charge in [-0.25, -0.2) is 0 Å². The molecular weight excluding hydrogens is 148 g/mol. The first-order valence-electron chi connectivity index (χ1n) is 5.28. The van der Waals surface area contributed by atoms with Crippen molar-refractivity contribution in [2.75, 3.05) is 13.1 Å². The second-order valence-corrected chi connectivity index (χ2v) is 5.12. The van der Waals surface area contributed by atoms with Crippen LogP contribution in [0.25, 0.3) is 0 Å². The first kappa shape index (κ1) is 7.34. The molecule has 2 unspecified atom stereocenters.